The minimum Gasteiger partial charge on any atom is -0.545 e. The van der Waals surface area contributed by atoms with E-state index in [1.807, 2.05) is 0 Å². The Balaban J connectivity index is 0.000000255. The van der Waals surface area contributed by atoms with E-state index in [0.29, 0.717) is 32.3 Å². The third-order valence-corrected chi connectivity index (χ3v) is 7.09. The van der Waals surface area contributed by atoms with E-state index in [4.69, 9.17) is 0 Å². The number of carbonyl (C=O) groups is 6. The van der Waals surface area contributed by atoms with Gasteiger partial charge in [-0.3, -0.25) is 0 Å². The molecule has 0 aliphatic carbocycles. The summed E-state index contributed by atoms with van der Waals surface area (Å²) in [4.78, 5) is 64.9. The van der Waals surface area contributed by atoms with Crippen molar-refractivity contribution in [3.05, 3.63) is 143 Å². The first kappa shape index (κ1) is 41.8. The minimum absolute atomic E-state index is 0. The first-order valence-corrected chi connectivity index (χ1v) is 13.7. The van der Waals surface area contributed by atoms with Crippen LogP contribution in [0, 0.1) is 83.5 Å². The van der Waals surface area contributed by atoms with Crippen molar-refractivity contribution < 1.29 is 143 Å². The average molecular weight is 923 g/mol. The molecule has 0 atom stereocenters. The van der Waals surface area contributed by atoms with Crippen molar-refractivity contribution in [2.45, 2.75) is 0 Å². The maximum absolute atomic E-state index is 10.8. The molecule has 0 spiro atoms. The van der Waals surface area contributed by atoms with Crippen molar-refractivity contribution in [1.82, 2.24) is 0 Å². The Morgan fingerprint density at radius 3 is 0.480 bits per heavy atom. The number of carbonyl (C=O) groups excluding carboxylic acids is 6. The Kier molecular flexibility index (Phi) is 15.6. The molecule has 0 saturated carbocycles. The van der Waals surface area contributed by atoms with Crippen molar-refractivity contribution in [1.29, 1.82) is 0 Å². The van der Waals surface area contributed by atoms with Crippen molar-refractivity contribution >= 4 is 68.1 Å². The molecule has 0 N–H and O–H groups in total. The van der Waals surface area contributed by atoms with Crippen LogP contribution >= 0.6 is 0 Å². The van der Waals surface area contributed by atoms with E-state index in [9.17, 15) is 59.4 Å². The van der Waals surface area contributed by atoms with Gasteiger partial charge in [-0.15, -0.1) is 0 Å². The molecule has 242 valence electrons. The zero-order chi connectivity index (χ0) is 35.1. The molecule has 0 fully saturated rings. The van der Waals surface area contributed by atoms with Gasteiger partial charge in [0.2, 0.25) is 0 Å². The Morgan fingerprint density at radius 2 is 0.380 bits per heavy atom. The Bertz CT molecular complexity index is 1870. The molecule has 0 aromatic heterocycles. The van der Waals surface area contributed by atoms with E-state index in [1.54, 1.807) is 0 Å². The van der Waals surface area contributed by atoms with Gasteiger partial charge in [0, 0.05) is 33.4 Å². The fourth-order valence-electron chi connectivity index (χ4n) is 5.00. The zero-order valence-electron chi connectivity index (χ0n) is 25.3. The topological polar surface area (TPSA) is 241 Å². The molecule has 0 heterocycles. The van der Waals surface area contributed by atoms with Crippen LogP contribution in [0.2, 0.25) is 0 Å². The third kappa shape index (κ3) is 9.46. The molecule has 12 nitrogen and oxygen atoms in total. The summed E-state index contributed by atoms with van der Waals surface area (Å²) in [6.45, 7) is 0. The third-order valence-electron chi connectivity index (χ3n) is 7.09. The number of rotatable bonds is 6. The molecule has 0 aliphatic heterocycles. The van der Waals surface area contributed by atoms with Gasteiger partial charge in [0.15, 0.2) is 0 Å². The number of carboxylic acid groups (broad SMARTS) is 6. The smallest absolute Gasteiger partial charge is 0.545 e. The number of carboxylic acids is 6. The number of hydrogen-bond donors (Lipinski definition) is 0. The summed E-state index contributed by atoms with van der Waals surface area (Å²) in [5, 5.41) is 67.0. The maximum atomic E-state index is 10.8. The van der Waals surface area contributed by atoms with E-state index in [-0.39, 0.29) is 117 Å². The molecule has 6 aromatic rings. The number of aromatic carboxylic acids is 6. The van der Waals surface area contributed by atoms with E-state index in [1.165, 1.54) is 109 Å². The molecule has 0 unspecified atom stereocenters. The van der Waals surface area contributed by atoms with E-state index >= 15 is 0 Å². The summed E-state index contributed by atoms with van der Waals surface area (Å²) < 4.78 is 0. The maximum Gasteiger partial charge on any atom is 3.00 e. The summed E-state index contributed by atoms with van der Waals surface area (Å²) in [5.74, 6) is -7.99. The van der Waals surface area contributed by atoms with Gasteiger partial charge in [-0.2, -0.15) is 0 Å². The van der Waals surface area contributed by atoms with Crippen LogP contribution in [-0.2, 0) is 0 Å². The molecule has 6 rings (SSSR count). The summed E-state index contributed by atoms with van der Waals surface area (Å²) in [5.41, 5.74) is -0.163. The summed E-state index contributed by atoms with van der Waals surface area (Å²) in [6.07, 6.45) is 0. The summed E-state index contributed by atoms with van der Waals surface area (Å²) in [7, 11) is 0. The SMILES string of the molecule is O=C([O-])c1cccc2c(C(=O)[O-])cccc12.O=C([O-])c1cccc2c(C(=O)[O-])cccc12.O=C([O-])c1cccc2c(C(=O)[O-])cccc12.[Ce+3].[Ce+3]. The van der Waals surface area contributed by atoms with Gasteiger partial charge in [0.1, 0.15) is 0 Å². The Labute approximate surface area is 349 Å². The van der Waals surface area contributed by atoms with Crippen LogP contribution in [0.1, 0.15) is 62.1 Å². The van der Waals surface area contributed by atoms with Crippen LogP contribution < -0.4 is 30.6 Å². The first-order chi connectivity index (χ1) is 22.8. The first-order valence-electron chi connectivity index (χ1n) is 13.7. The molecular formula is C36H18Ce2O12. The standard InChI is InChI=1S/3C12H8O4.2Ce/c3*13-11(14)9-5-1-3-7-8(9)4-2-6-10(7)12(15)16;;/h3*1-6H,(H,13,14)(H,15,16);;/q;;;2*+3/p-6. The van der Waals surface area contributed by atoms with Gasteiger partial charge >= 0.3 is 83.5 Å². The van der Waals surface area contributed by atoms with Gasteiger partial charge in [-0.05, 0) is 32.3 Å². The van der Waals surface area contributed by atoms with Crippen LogP contribution in [0.25, 0.3) is 32.3 Å². The van der Waals surface area contributed by atoms with Crippen LogP contribution in [0.4, 0.5) is 0 Å². The van der Waals surface area contributed by atoms with E-state index < -0.39 is 35.8 Å². The second kappa shape index (κ2) is 18.6. The molecule has 0 aliphatic rings. The molecule has 0 amide bonds. The predicted molar refractivity (Wildman–Crippen MR) is 158 cm³/mol. The fraction of sp³-hybridized carbons (Fsp3) is 0. The molecule has 0 saturated heterocycles. The largest absolute Gasteiger partial charge is 3.00 e. The van der Waals surface area contributed by atoms with Gasteiger partial charge in [0.25, 0.3) is 0 Å². The Morgan fingerprint density at radius 1 is 0.260 bits per heavy atom. The van der Waals surface area contributed by atoms with Crippen molar-refractivity contribution in [3.8, 4) is 0 Å². The second-order valence-electron chi connectivity index (χ2n) is 9.84. The number of fused-ring (bicyclic) bond motifs is 3. The minimum atomic E-state index is -1.33. The van der Waals surface area contributed by atoms with Gasteiger partial charge in [-0.25, -0.2) is 0 Å². The molecule has 14 heteroatoms. The van der Waals surface area contributed by atoms with Crippen molar-refractivity contribution in [3.63, 3.8) is 0 Å². The second-order valence-corrected chi connectivity index (χ2v) is 9.84. The van der Waals surface area contributed by atoms with Crippen LogP contribution in [0.5, 0.6) is 0 Å². The Hall–Kier alpha value is -4.33. The van der Waals surface area contributed by atoms with Gasteiger partial charge in [0.05, 0.1) is 35.8 Å². The zero-order valence-corrected chi connectivity index (χ0v) is 31.6. The average Bonchev–Trinajstić information content (AvgIpc) is 3.06. The molecule has 0 bridgehead atoms. The summed E-state index contributed by atoms with van der Waals surface area (Å²) >= 11 is 0. The monoisotopic (exact) mass is 922 g/mol. The van der Waals surface area contributed by atoms with Crippen LogP contribution in [0.15, 0.2) is 109 Å². The number of hydrogen-bond acceptors (Lipinski definition) is 12. The quantitative estimate of drug-likeness (QED) is 0.190. The van der Waals surface area contributed by atoms with Crippen LogP contribution in [0.3, 0.4) is 0 Å². The van der Waals surface area contributed by atoms with E-state index in [2.05, 4.69) is 0 Å². The van der Waals surface area contributed by atoms with Gasteiger partial charge < -0.3 is 59.4 Å². The fourth-order valence-corrected chi connectivity index (χ4v) is 5.00. The predicted octanol–water partition coefficient (Wildman–Crippen LogP) is -1.30. The van der Waals surface area contributed by atoms with Gasteiger partial charge in [-0.1, -0.05) is 109 Å². The van der Waals surface area contributed by atoms with E-state index in [0.717, 1.165) is 0 Å². The number of benzene rings is 6. The molecule has 50 heavy (non-hydrogen) atoms. The molecule has 6 aromatic carbocycles. The summed E-state index contributed by atoms with van der Waals surface area (Å²) in [6, 6.07) is 26.3. The van der Waals surface area contributed by atoms with Crippen LogP contribution in [-0.4, -0.2) is 35.8 Å². The normalized spacial score (nSPS) is 9.84. The van der Waals surface area contributed by atoms with Crippen molar-refractivity contribution in [2.75, 3.05) is 0 Å². The molecular weight excluding hydrogens is 905 g/mol. The van der Waals surface area contributed by atoms with Crippen molar-refractivity contribution in [2.24, 2.45) is 0 Å². The molecule has 2 radical (unpaired) electrons.